The van der Waals surface area contributed by atoms with Crippen molar-refractivity contribution in [2.75, 3.05) is 12.4 Å². The highest BCUT2D eigenvalue weighted by atomic mass is 35.5. The molecule has 1 rings (SSSR count). The molecule has 0 amide bonds. The van der Waals surface area contributed by atoms with Crippen LogP contribution in [0, 0.1) is 0 Å². The molecule has 16 heavy (non-hydrogen) atoms. The van der Waals surface area contributed by atoms with Gasteiger partial charge in [0.2, 0.25) is 0 Å². The molecule has 0 bridgehead atoms. The van der Waals surface area contributed by atoms with Crippen molar-refractivity contribution >= 4 is 23.4 Å². The zero-order valence-electron chi connectivity index (χ0n) is 9.45. The first-order chi connectivity index (χ1) is 7.56. The largest absolute Gasteiger partial charge is 0.467 e. The Morgan fingerprint density at radius 3 is 2.88 bits per heavy atom. The Bertz CT molecular complexity index is 384. The van der Waals surface area contributed by atoms with Gasteiger partial charge in [-0.25, -0.2) is 14.8 Å². The lowest BCUT2D eigenvalue weighted by atomic mass is 10.3. The number of anilines is 1. The summed E-state index contributed by atoms with van der Waals surface area (Å²) < 4.78 is 4.59. The highest BCUT2D eigenvalue weighted by molar-refractivity contribution is 6.29. The third-order valence-corrected chi connectivity index (χ3v) is 2.17. The fraction of sp³-hybridized carbons (Fsp3) is 0.500. The number of nitrogens with zero attached hydrogens (tertiary/aromatic N) is 2. The molecule has 0 saturated carbocycles. The van der Waals surface area contributed by atoms with E-state index >= 15 is 0 Å². The van der Waals surface area contributed by atoms with E-state index in [-0.39, 0.29) is 5.97 Å². The Hall–Kier alpha value is -1.36. The van der Waals surface area contributed by atoms with Crippen LogP contribution in [-0.2, 0) is 16.0 Å². The van der Waals surface area contributed by atoms with E-state index in [0.29, 0.717) is 23.2 Å². The predicted molar refractivity (Wildman–Crippen MR) is 61.5 cm³/mol. The monoisotopic (exact) mass is 243 g/mol. The third-order valence-electron chi connectivity index (χ3n) is 1.98. The summed E-state index contributed by atoms with van der Waals surface area (Å²) in [7, 11) is 1.34. The minimum absolute atomic E-state index is 0.353. The lowest BCUT2D eigenvalue weighted by Gasteiger charge is -2.12. The van der Waals surface area contributed by atoms with Crippen molar-refractivity contribution in [2.24, 2.45) is 0 Å². The second-order valence-electron chi connectivity index (χ2n) is 3.23. The van der Waals surface area contributed by atoms with Crippen molar-refractivity contribution in [1.29, 1.82) is 0 Å². The molecule has 0 aliphatic carbocycles. The van der Waals surface area contributed by atoms with Crippen LogP contribution < -0.4 is 5.32 Å². The number of halogens is 1. The van der Waals surface area contributed by atoms with Gasteiger partial charge < -0.3 is 10.1 Å². The summed E-state index contributed by atoms with van der Waals surface area (Å²) >= 11 is 5.82. The molecule has 0 aromatic carbocycles. The number of nitrogens with one attached hydrogen (secondary N) is 1. The Morgan fingerprint density at radius 2 is 2.31 bits per heavy atom. The summed E-state index contributed by atoms with van der Waals surface area (Å²) in [6.45, 7) is 3.62. The van der Waals surface area contributed by atoms with Crippen LogP contribution in [0.25, 0.3) is 0 Å². The van der Waals surface area contributed by atoms with Crippen molar-refractivity contribution < 1.29 is 9.53 Å². The Morgan fingerprint density at radius 1 is 1.62 bits per heavy atom. The van der Waals surface area contributed by atoms with Gasteiger partial charge in [0.25, 0.3) is 0 Å². The maximum absolute atomic E-state index is 11.2. The zero-order valence-corrected chi connectivity index (χ0v) is 10.2. The van der Waals surface area contributed by atoms with Gasteiger partial charge in [0.1, 0.15) is 22.8 Å². The van der Waals surface area contributed by atoms with Crippen LogP contribution in [0.1, 0.15) is 19.7 Å². The third kappa shape index (κ3) is 3.34. The maximum atomic E-state index is 11.2. The van der Waals surface area contributed by atoms with Crippen LogP contribution >= 0.6 is 11.6 Å². The summed E-state index contributed by atoms with van der Waals surface area (Å²) in [5, 5.41) is 3.25. The summed E-state index contributed by atoms with van der Waals surface area (Å²) in [6, 6.07) is 1.10. The number of carbonyl (C=O) groups is 1. The van der Waals surface area contributed by atoms with Gasteiger partial charge in [-0.15, -0.1) is 0 Å². The molecule has 1 unspecified atom stereocenters. The van der Waals surface area contributed by atoms with Crippen molar-refractivity contribution in [2.45, 2.75) is 26.3 Å². The lowest BCUT2D eigenvalue weighted by Crippen LogP contribution is -2.27. The molecule has 1 atom stereocenters. The molecule has 6 heteroatoms. The van der Waals surface area contributed by atoms with E-state index in [1.807, 2.05) is 6.92 Å². The molecular formula is C10H14ClN3O2. The van der Waals surface area contributed by atoms with E-state index in [1.165, 1.54) is 7.11 Å². The number of hydrogen-bond donors (Lipinski definition) is 1. The number of rotatable bonds is 4. The molecule has 88 valence electrons. The smallest absolute Gasteiger partial charge is 0.328 e. The van der Waals surface area contributed by atoms with Crippen LogP contribution in [0.15, 0.2) is 6.07 Å². The Balaban J connectivity index is 2.80. The van der Waals surface area contributed by atoms with E-state index in [0.717, 1.165) is 0 Å². The Kier molecular flexibility index (Phi) is 4.49. The van der Waals surface area contributed by atoms with E-state index in [2.05, 4.69) is 20.0 Å². The lowest BCUT2D eigenvalue weighted by molar-refractivity contribution is -0.141. The highest BCUT2D eigenvalue weighted by Gasteiger charge is 2.13. The maximum Gasteiger partial charge on any atom is 0.328 e. The predicted octanol–water partition coefficient (Wildman–Crippen LogP) is 1.67. The average Bonchev–Trinajstić information content (AvgIpc) is 2.26. The molecule has 5 nitrogen and oxygen atoms in total. The van der Waals surface area contributed by atoms with Gasteiger partial charge in [-0.3, -0.25) is 0 Å². The number of methoxy groups -OCH3 is 1. The van der Waals surface area contributed by atoms with Crippen molar-refractivity contribution in [1.82, 2.24) is 9.97 Å². The molecule has 1 N–H and O–H groups in total. The number of esters is 1. The normalized spacial score (nSPS) is 12.0. The standard InChI is InChI=1S/C10H14ClN3O2/c1-4-8-13-7(11)5-9(14-8)12-6(2)10(15)16-3/h5-6H,4H2,1-3H3,(H,12,13,14). The molecule has 0 aliphatic rings. The van der Waals surface area contributed by atoms with Gasteiger partial charge in [-0.2, -0.15) is 0 Å². The van der Waals surface area contributed by atoms with E-state index < -0.39 is 6.04 Å². The Labute approximate surface area is 99.2 Å². The molecule has 0 spiro atoms. The number of aromatic nitrogens is 2. The summed E-state index contributed by atoms with van der Waals surface area (Å²) in [6.07, 6.45) is 0.682. The van der Waals surface area contributed by atoms with Crippen molar-refractivity contribution in [3.05, 3.63) is 17.0 Å². The average molecular weight is 244 g/mol. The fourth-order valence-electron chi connectivity index (χ4n) is 1.15. The van der Waals surface area contributed by atoms with Crippen LogP contribution in [-0.4, -0.2) is 29.1 Å². The van der Waals surface area contributed by atoms with E-state index in [1.54, 1.807) is 13.0 Å². The molecule has 0 saturated heterocycles. The second-order valence-corrected chi connectivity index (χ2v) is 3.62. The number of carbonyl (C=O) groups excluding carboxylic acids is 1. The van der Waals surface area contributed by atoms with Gasteiger partial charge >= 0.3 is 5.97 Å². The molecule has 1 aromatic heterocycles. The topological polar surface area (TPSA) is 64.1 Å². The van der Waals surface area contributed by atoms with E-state index in [4.69, 9.17) is 11.6 Å². The summed E-state index contributed by atoms with van der Waals surface area (Å²) in [5.74, 6) is 0.801. The summed E-state index contributed by atoms with van der Waals surface area (Å²) in [4.78, 5) is 19.4. The first-order valence-electron chi connectivity index (χ1n) is 4.94. The number of ether oxygens (including phenoxy) is 1. The molecule has 1 aromatic rings. The second kappa shape index (κ2) is 5.65. The van der Waals surface area contributed by atoms with Crippen molar-refractivity contribution in [3.63, 3.8) is 0 Å². The van der Waals surface area contributed by atoms with Gasteiger partial charge in [0.15, 0.2) is 0 Å². The fourth-order valence-corrected chi connectivity index (χ4v) is 1.36. The molecule has 0 fully saturated rings. The quantitative estimate of drug-likeness (QED) is 0.644. The number of hydrogen-bond acceptors (Lipinski definition) is 5. The zero-order chi connectivity index (χ0) is 12.1. The van der Waals surface area contributed by atoms with Crippen LogP contribution in [0.4, 0.5) is 5.82 Å². The minimum atomic E-state index is -0.472. The molecular weight excluding hydrogens is 230 g/mol. The SMILES string of the molecule is CCc1nc(Cl)cc(NC(C)C(=O)OC)n1. The first-order valence-corrected chi connectivity index (χ1v) is 5.32. The molecule has 1 heterocycles. The van der Waals surface area contributed by atoms with Crippen LogP contribution in [0.2, 0.25) is 5.15 Å². The van der Waals surface area contributed by atoms with Gasteiger partial charge in [-0.1, -0.05) is 18.5 Å². The van der Waals surface area contributed by atoms with Gasteiger partial charge in [-0.05, 0) is 6.92 Å². The van der Waals surface area contributed by atoms with E-state index in [9.17, 15) is 4.79 Å². The van der Waals surface area contributed by atoms with Gasteiger partial charge in [0.05, 0.1) is 7.11 Å². The molecule has 0 aliphatic heterocycles. The van der Waals surface area contributed by atoms with Crippen LogP contribution in [0.5, 0.6) is 0 Å². The highest BCUT2D eigenvalue weighted by Crippen LogP contribution is 2.13. The number of aryl methyl sites for hydroxylation is 1. The van der Waals surface area contributed by atoms with Gasteiger partial charge in [0, 0.05) is 12.5 Å². The first kappa shape index (κ1) is 12.7. The minimum Gasteiger partial charge on any atom is -0.467 e. The summed E-state index contributed by atoms with van der Waals surface area (Å²) in [5.41, 5.74) is 0. The van der Waals surface area contributed by atoms with Crippen LogP contribution in [0.3, 0.4) is 0 Å². The molecule has 0 radical (unpaired) electrons. The van der Waals surface area contributed by atoms with Crippen molar-refractivity contribution in [3.8, 4) is 0 Å².